The van der Waals surface area contributed by atoms with Crippen LogP contribution in [-0.4, -0.2) is 23.7 Å². The maximum absolute atomic E-state index is 13.8. The molecule has 0 aliphatic heterocycles. The number of benzene rings is 5. The zero-order valence-electron chi connectivity index (χ0n) is 24.4. The summed E-state index contributed by atoms with van der Waals surface area (Å²) in [4.78, 5) is 29.1. The summed E-state index contributed by atoms with van der Waals surface area (Å²) in [5.41, 5.74) is 3.29. The summed E-state index contributed by atoms with van der Waals surface area (Å²) in [6.07, 6.45) is 1.23. The van der Waals surface area contributed by atoms with Gasteiger partial charge in [0.15, 0.2) is 5.75 Å². The van der Waals surface area contributed by atoms with Crippen molar-refractivity contribution in [2.45, 2.75) is 35.5 Å². The highest BCUT2D eigenvalue weighted by Gasteiger charge is 2.19. The van der Waals surface area contributed by atoms with E-state index in [1.807, 2.05) is 128 Å². The molecule has 1 atom stereocenters. The standard InChI is InChI=1S/C37H34N2O4S/c1-2-33(36(40)41)28-17-21-31(22-18-28)44-32-23-19-29(20-24-32)39(26-25-27-11-5-3-6-12-27)37(42)38-34-15-9-10-16-35(34)43-30-13-7-4-8-14-30/h3-24,33H,2,25-26H2,1H3,(H,38,42)(H,40,41). The van der Waals surface area contributed by atoms with Gasteiger partial charge >= 0.3 is 12.0 Å². The van der Waals surface area contributed by atoms with Gasteiger partial charge in [-0.3, -0.25) is 9.69 Å². The van der Waals surface area contributed by atoms with Crippen LogP contribution >= 0.6 is 11.8 Å². The summed E-state index contributed by atoms with van der Waals surface area (Å²) >= 11 is 1.59. The van der Waals surface area contributed by atoms with E-state index in [1.165, 1.54) is 0 Å². The fourth-order valence-corrected chi connectivity index (χ4v) is 5.66. The lowest BCUT2D eigenvalue weighted by Crippen LogP contribution is -2.36. The zero-order valence-corrected chi connectivity index (χ0v) is 25.2. The number of carboxylic acids is 1. The number of amides is 2. The molecule has 0 aromatic heterocycles. The Balaban J connectivity index is 1.33. The number of carbonyl (C=O) groups is 2. The summed E-state index contributed by atoms with van der Waals surface area (Å²) in [5.74, 6) is -0.0684. The molecule has 44 heavy (non-hydrogen) atoms. The zero-order chi connectivity index (χ0) is 30.7. The molecule has 1 unspecified atom stereocenters. The van der Waals surface area contributed by atoms with E-state index in [0.29, 0.717) is 36.6 Å². The van der Waals surface area contributed by atoms with Crippen LogP contribution in [0, 0.1) is 0 Å². The van der Waals surface area contributed by atoms with Gasteiger partial charge in [0, 0.05) is 22.0 Å². The Kier molecular flexibility index (Phi) is 10.3. The van der Waals surface area contributed by atoms with Crippen molar-refractivity contribution in [1.82, 2.24) is 0 Å². The number of rotatable bonds is 12. The number of ether oxygens (including phenoxy) is 1. The molecule has 5 aromatic rings. The monoisotopic (exact) mass is 602 g/mol. The van der Waals surface area contributed by atoms with Gasteiger partial charge < -0.3 is 15.2 Å². The van der Waals surface area contributed by atoms with Gasteiger partial charge in [-0.2, -0.15) is 0 Å². The summed E-state index contributed by atoms with van der Waals surface area (Å²) < 4.78 is 6.07. The van der Waals surface area contributed by atoms with Crippen LogP contribution in [0.1, 0.15) is 30.4 Å². The van der Waals surface area contributed by atoms with Crippen molar-refractivity contribution in [3.8, 4) is 11.5 Å². The van der Waals surface area contributed by atoms with Gasteiger partial charge in [0.1, 0.15) is 5.75 Å². The lowest BCUT2D eigenvalue weighted by molar-refractivity contribution is -0.138. The minimum Gasteiger partial charge on any atom is -0.481 e. The Morgan fingerprint density at radius 2 is 1.36 bits per heavy atom. The Morgan fingerprint density at radius 3 is 2.00 bits per heavy atom. The molecule has 0 radical (unpaired) electrons. The van der Waals surface area contributed by atoms with Crippen molar-refractivity contribution in [1.29, 1.82) is 0 Å². The largest absolute Gasteiger partial charge is 0.481 e. The highest BCUT2D eigenvalue weighted by Crippen LogP contribution is 2.33. The van der Waals surface area contributed by atoms with Crippen molar-refractivity contribution >= 4 is 35.1 Å². The van der Waals surface area contributed by atoms with Gasteiger partial charge in [-0.25, -0.2) is 4.79 Å². The predicted molar refractivity (Wildman–Crippen MR) is 177 cm³/mol. The van der Waals surface area contributed by atoms with Gasteiger partial charge in [-0.05, 0) is 84.6 Å². The summed E-state index contributed by atoms with van der Waals surface area (Å²) in [6.45, 7) is 2.36. The second kappa shape index (κ2) is 14.9. The molecule has 2 N–H and O–H groups in total. The van der Waals surface area contributed by atoms with Gasteiger partial charge in [0.25, 0.3) is 0 Å². The third-order valence-electron chi connectivity index (χ3n) is 7.18. The van der Waals surface area contributed by atoms with Gasteiger partial charge in [-0.15, -0.1) is 0 Å². The molecule has 0 aliphatic rings. The maximum atomic E-state index is 13.8. The lowest BCUT2D eigenvalue weighted by atomic mass is 9.97. The number of hydrogen-bond donors (Lipinski definition) is 2. The minimum absolute atomic E-state index is 0.259. The molecule has 0 heterocycles. The van der Waals surface area contributed by atoms with Crippen LogP contribution in [0.3, 0.4) is 0 Å². The fourth-order valence-electron chi connectivity index (χ4n) is 4.84. The molecule has 0 aliphatic carbocycles. The normalized spacial score (nSPS) is 11.4. The predicted octanol–water partition coefficient (Wildman–Crippen LogP) is 9.49. The summed E-state index contributed by atoms with van der Waals surface area (Å²) in [6, 6.07) is 42.3. The van der Waals surface area contributed by atoms with E-state index < -0.39 is 11.9 Å². The van der Waals surface area contributed by atoms with Gasteiger partial charge in [-0.1, -0.05) is 91.5 Å². The molecule has 7 heteroatoms. The number of anilines is 2. The third-order valence-corrected chi connectivity index (χ3v) is 8.20. The Bertz CT molecular complexity index is 1660. The highest BCUT2D eigenvalue weighted by molar-refractivity contribution is 7.99. The number of aliphatic carboxylic acids is 1. The Labute approximate surface area is 262 Å². The smallest absolute Gasteiger partial charge is 0.326 e. The number of nitrogens with zero attached hydrogens (tertiary/aromatic N) is 1. The first-order valence-electron chi connectivity index (χ1n) is 14.5. The molecule has 5 aromatic carbocycles. The van der Waals surface area contributed by atoms with Crippen LogP contribution in [0.2, 0.25) is 0 Å². The van der Waals surface area contributed by atoms with E-state index in [4.69, 9.17) is 4.74 Å². The number of para-hydroxylation sites is 3. The first kappa shape index (κ1) is 30.4. The molecule has 5 rings (SSSR count). The Hall–Kier alpha value is -5.01. The fraction of sp³-hybridized carbons (Fsp3) is 0.135. The van der Waals surface area contributed by atoms with Crippen LogP contribution in [0.25, 0.3) is 0 Å². The second-order valence-corrected chi connectivity index (χ2v) is 11.3. The van der Waals surface area contributed by atoms with Crippen molar-refractivity contribution < 1.29 is 19.4 Å². The number of hydrogen-bond acceptors (Lipinski definition) is 4. The lowest BCUT2D eigenvalue weighted by Gasteiger charge is -2.24. The van der Waals surface area contributed by atoms with Crippen molar-refractivity contribution in [2.75, 3.05) is 16.8 Å². The average molecular weight is 603 g/mol. The topological polar surface area (TPSA) is 78.9 Å². The van der Waals surface area contributed by atoms with Crippen LogP contribution in [-0.2, 0) is 11.2 Å². The first-order chi connectivity index (χ1) is 21.5. The van der Waals surface area contributed by atoms with Crippen molar-refractivity contribution in [2.24, 2.45) is 0 Å². The molecule has 0 saturated carbocycles. The van der Waals surface area contributed by atoms with Crippen molar-refractivity contribution in [3.63, 3.8) is 0 Å². The summed E-state index contributed by atoms with van der Waals surface area (Å²) in [7, 11) is 0. The molecule has 0 spiro atoms. The van der Waals surface area contributed by atoms with Gasteiger partial charge in [0.05, 0.1) is 11.6 Å². The quantitative estimate of drug-likeness (QED) is 0.149. The number of nitrogens with one attached hydrogen (secondary N) is 1. The van der Waals surface area contributed by atoms with E-state index in [0.717, 1.165) is 26.6 Å². The molecule has 0 bridgehead atoms. The molecule has 6 nitrogen and oxygen atoms in total. The van der Waals surface area contributed by atoms with Crippen LogP contribution in [0.15, 0.2) is 143 Å². The Morgan fingerprint density at radius 1 is 0.773 bits per heavy atom. The van der Waals surface area contributed by atoms with Crippen LogP contribution in [0.4, 0.5) is 16.2 Å². The van der Waals surface area contributed by atoms with E-state index in [2.05, 4.69) is 17.4 Å². The maximum Gasteiger partial charge on any atom is 0.326 e. The van der Waals surface area contributed by atoms with E-state index in [9.17, 15) is 14.7 Å². The van der Waals surface area contributed by atoms with E-state index in [1.54, 1.807) is 16.7 Å². The van der Waals surface area contributed by atoms with Crippen LogP contribution in [0.5, 0.6) is 11.5 Å². The van der Waals surface area contributed by atoms with Gasteiger partial charge in [0.2, 0.25) is 0 Å². The van der Waals surface area contributed by atoms with Crippen molar-refractivity contribution in [3.05, 3.63) is 145 Å². The number of carbonyl (C=O) groups excluding carboxylic acids is 1. The van der Waals surface area contributed by atoms with E-state index >= 15 is 0 Å². The molecular formula is C37H34N2O4S. The first-order valence-corrected chi connectivity index (χ1v) is 15.4. The number of carboxylic acid groups (broad SMARTS) is 1. The highest BCUT2D eigenvalue weighted by atomic mass is 32.2. The van der Waals surface area contributed by atoms with Crippen LogP contribution < -0.4 is 15.0 Å². The SMILES string of the molecule is CCC(C(=O)O)c1ccc(Sc2ccc(N(CCc3ccccc3)C(=O)Nc3ccccc3Oc3ccccc3)cc2)cc1. The molecule has 2 amide bonds. The third kappa shape index (κ3) is 8.08. The molecule has 0 saturated heterocycles. The molecule has 0 fully saturated rings. The molecule has 222 valence electrons. The molecular weight excluding hydrogens is 568 g/mol. The van der Waals surface area contributed by atoms with E-state index in [-0.39, 0.29) is 6.03 Å². The summed E-state index contributed by atoms with van der Waals surface area (Å²) in [5, 5.41) is 12.5. The minimum atomic E-state index is -0.809. The number of urea groups is 1. The average Bonchev–Trinajstić information content (AvgIpc) is 3.05. The second-order valence-electron chi connectivity index (χ2n) is 10.2.